The van der Waals surface area contributed by atoms with Gasteiger partial charge in [-0.1, -0.05) is 0 Å². The van der Waals surface area contributed by atoms with Crippen LogP contribution in [0.15, 0.2) is 41.0 Å². The van der Waals surface area contributed by atoms with E-state index in [2.05, 4.69) is 4.90 Å². The Morgan fingerprint density at radius 2 is 2.30 bits per heavy atom. The third-order valence-electron chi connectivity index (χ3n) is 3.73. The molecular weight excluding hydrogens is 300 g/mol. The Balaban J connectivity index is 1.83. The Kier molecular flexibility index (Phi) is 4.47. The van der Waals surface area contributed by atoms with E-state index in [9.17, 15) is 10.1 Å². The summed E-state index contributed by atoms with van der Waals surface area (Å²) in [5.41, 5.74) is 0.852. The summed E-state index contributed by atoms with van der Waals surface area (Å²) < 4.78 is 16.6. The molecule has 7 heteroatoms. The predicted octanol–water partition coefficient (Wildman–Crippen LogP) is 3.16. The van der Waals surface area contributed by atoms with Crippen molar-refractivity contribution in [3.63, 3.8) is 0 Å². The second kappa shape index (κ2) is 6.70. The van der Waals surface area contributed by atoms with Gasteiger partial charge in [0.15, 0.2) is 5.75 Å². The Bertz CT molecular complexity index is 671. The number of benzene rings is 1. The number of hydrogen-bond acceptors (Lipinski definition) is 6. The lowest BCUT2D eigenvalue weighted by Gasteiger charge is -2.33. The minimum absolute atomic E-state index is 0.0218. The first-order chi connectivity index (χ1) is 11.2. The SMILES string of the molecule is CCOc1cc(N2CCOC(c3ccco3)C2)ccc1[N+](=O)[O-]. The lowest BCUT2D eigenvalue weighted by atomic mass is 10.2. The summed E-state index contributed by atoms with van der Waals surface area (Å²) in [5.74, 6) is 1.07. The van der Waals surface area contributed by atoms with E-state index in [1.165, 1.54) is 6.07 Å². The maximum Gasteiger partial charge on any atom is 0.311 e. The molecule has 1 aliphatic rings. The van der Waals surface area contributed by atoms with Crippen LogP contribution in [0.4, 0.5) is 11.4 Å². The molecule has 0 radical (unpaired) electrons. The number of morpholine rings is 1. The van der Waals surface area contributed by atoms with Crippen molar-refractivity contribution in [1.29, 1.82) is 0 Å². The van der Waals surface area contributed by atoms with E-state index in [0.717, 1.165) is 11.4 Å². The summed E-state index contributed by atoms with van der Waals surface area (Å²) >= 11 is 0. The van der Waals surface area contributed by atoms with Gasteiger partial charge >= 0.3 is 5.69 Å². The van der Waals surface area contributed by atoms with Gasteiger partial charge in [0, 0.05) is 24.4 Å². The second-order valence-corrected chi connectivity index (χ2v) is 5.16. The van der Waals surface area contributed by atoms with Crippen LogP contribution in [0.5, 0.6) is 5.75 Å². The Morgan fingerprint density at radius 1 is 1.43 bits per heavy atom. The molecule has 0 amide bonds. The molecule has 2 aromatic rings. The highest BCUT2D eigenvalue weighted by molar-refractivity contribution is 5.59. The van der Waals surface area contributed by atoms with E-state index in [0.29, 0.717) is 26.3 Å². The fourth-order valence-electron chi connectivity index (χ4n) is 2.65. The van der Waals surface area contributed by atoms with Crippen LogP contribution >= 0.6 is 0 Å². The number of nitrogens with zero attached hydrogens (tertiary/aromatic N) is 2. The van der Waals surface area contributed by atoms with Gasteiger partial charge in [0.2, 0.25) is 0 Å². The smallest absolute Gasteiger partial charge is 0.311 e. The van der Waals surface area contributed by atoms with Crippen molar-refractivity contribution in [2.75, 3.05) is 31.2 Å². The number of anilines is 1. The Morgan fingerprint density at radius 3 is 3.00 bits per heavy atom. The van der Waals surface area contributed by atoms with E-state index in [4.69, 9.17) is 13.9 Å². The molecule has 1 atom stereocenters. The molecule has 0 bridgehead atoms. The molecule has 2 heterocycles. The van der Waals surface area contributed by atoms with Gasteiger partial charge in [0.05, 0.1) is 30.9 Å². The Labute approximate surface area is 133 Å². The molecule has 0 aliphatic carbocycles. The predicted molar refractivity (Wildman–Crippen MR) is 83.9 cm³/mol. The van der Waals surface area contributed by atoms with Crippen molar-refractivity contribution in [2.45, 2.75) is 13.0 Å². The molecular formula is C16H18N2O5. The van der Waals surface area contributed by atoms with Gasteiger partial charge in [-0.25, -0.2) is 0 Å². The van der Waals surface area contributed by atoms with Crippen LogP contribution in [-0.2, 0) is 4.74 Å². The van der Waals surface area contributed by atoms with Gasteiger partial charge in [0.25, 0.3) is 0 Å². The molecule has 1 aromatic heterocycles. The van der Waals surface area contributed by atoms with E-state index in [1.54, 1.807) is 25.3 Å². The summed E-state index contributed by atoms with van der Waals surface area (Å²) in [6.45, 7) is 4.07. The maximum absolute atomic E-state index is 11.1. The normalized spacial score (nSPS) is 18.0. The average Bonchev–Trinajstić information content (AvgIpc) is 3.09. The lowest BCUT2D eigenvalue weighted by molar-refractivity contribution is -0.385. The molecule has 1 aliphatic heterocycles. The molecule has 0 spiro atoms. The minimum Gasteiger partial charge on any atom is -0.487 e. The highest BCUT2D eigenvalue weighted by Crippen LogP contribution is 2.33. The first-order valence-corrected chi connectivity index (χ1v) is 7.50. The van der Waals surface area contributed by atoms with Crippen LogP contribution in [-0.4, -0.2) is 31.2 Å². The molecule has 7 nitrogen and oxygen atoms in total. The van der Waals surface area contributed by atoms with Gasteiger partial charge in [-0.15, -0.1) is 0 Å². The molecule has 1 saturated heterocycles. The number of ether oxygens (including phenoxy) is 2. The van der Waals surface area contributed by atoms with Crippen molar-refractivity contribution in [2.24, 2.45) is 0 Å². The van der Waals surface area contributed by atoms with Crippen LogP contribution in [0, 0.1) is 10.1 Å². The molecule has 0 saturated carbocycles. The first kappa shape index (κ1) is 15.4. The zero-order valence-corrected chi connectivity index (χ0v) is 12.8. The molecule has 3 rings (SSSR count). The van der Waals surface area contributed by atoms with Crippen LogP contribution < -0.4 is 9.64 Å². The van der Waals surface area contributed by atoms with Crippen LogP contribution in [0.2, 0.25) is 0 Å². The van der Waals surface area contributed by atoms with Crippen molar-refractivity contribution >= 4 is 11.4 Å². The molecule has 1 unspecified atom stereocenters. The number of furan rings is 1. The second-order valence-electron chi connectivity index (χ2n) is 5.16. The summed E-state index contributed by atoms with van der Waals surface area (Å²) in [6.07, 6.45) is 1.47. The molecule has 1 fully saturated rings. The van der Waals surface area contributed by atoms with Gasteiger partial charge in [0.1, 0.15) is 11.9 Å². The zero-order chi connectivity index (χ0) is 16.2. The first-order valence-electron chi connectivity index (χ1n) is 7.50. The molecule has 122 valence electrons. The maximum atomic E-state index is 11.1. The van der Waals surface area contributed by atoms with E-state index >= 15 is 0 Å². The van der Waals surface area contributed by atoms with Crippen molar-refractivity contribution in [3.05, 3.63) is 52.5 Å². The van der Waals surface area contributed by atoms with E-state index in [-0.39, 0.29) is 17.5 Å². The monoisotopic (exact) mass is 318 g/mol. The third-order valence-corrected chi connectivity index (χ3v) is 3.73. The van der Waals surface area contributed by atoms with Crippen LogP contribution in [0.3, 0.4) is 0 Å². The largest absolute Gasteiger partial charge is 0.487 e. The van der Waals surface area contributed by atoms with Gasteiger partial charge in [-0.2, -0.15) is 0 Å². The van der Waals surface area contributed by atoms with Gasteiger partial charge in [-0.3, -0.25) is 10.1 Å². The van der Waals surface area contributed by atoms with Crippen molar-refractivity contribution < 1.29 is 18.8 Å². The third kappa shape index (κ3) is 3.29. The minimum atomic E-state index is -0.431. The Hall–Kier alpha value is -2.54. The van der Waals surface area contributed by atoms with Crippen molar-refractivity contribution in [3.8, 4) is 5.75 Å². The van der Waals surface area contributed by atoms with Gasteiger partial charge < -0.3 is 18.8 Å². The number of nitro groups is 1. The highest BCUT2D eigenvalue weighted by Gasteiger charge is 2.25. The lowest BCUT2D eigenvalue weighted by Crippen LogP contribution is -2.38. The van der Waals surface area contributed by atoms with E-state index < -0.39 is 4.92 Å². The standard InChI is InChI=1S/C16H18N2O5/c1-2-21-15-10-12(5-6-13(15)18(19)20)17-7-9-23-16(11-17)14-4-3-8-22-14/h3-6,8,10,16H,2,7,9,11H2,1H3. The van der Waals surface area contributed by atoms with Gasteiger partial charge in [-0.05, 0) is 25.1 Å². The van der Waals surface area contributed by atoms with E-state index in [1.807, 2.05) is 12.1 Å². The highest BCUT2D eigenvalue weighted by atomic mass is 16.6. The number of nitro benzene ring substituents is 1. The summed E-state index contributed by atoms with van der Waals surface area (Å²) in [5, 5.41) is 11.1. The van der Waals surface area contributed by atoms with Crippen LogP contribution in [0.1, 0.15) is 18.8 Å². The molecule has 0 N–H and O–H groups in total. The van der Waals surface area contributed by atoms with Crippen molar-refractivity contribution in [1.82, 2.24) is 0 Å². The number of rotatable bonds is 5. The molecule has 1 aromatic carbocycles. The van der Waals surface area contributed by atoms with Crippen LogP contribution in [0.25, 0.3) is 0 Å². The fraction of sp³-hybridized carbons (Fsp3) is 0.375. The molecule has 23 heavy (non-hydrogen) atoms. The fourth-order valence-corrected chi connectivity index (χ4v) is 2.65. The topological polar surface area (TPSA) is 78.0 Å². The summed E-state index contributed by atoms with van der Waals surface area (Å²) in [7, 11) is 0. The quantitative estimate of drug-likeness (QED) is 0.622. The average molecular weight is 318 g/mol. The summed E-state index contributed by atoms with van der Waals surface area (Å²) in [6, 6.07) is 8.65. The zero-order valence-electron chi connectivity index (χ0n) is 12.8. The summed E-state index contributed by atoms with van der Waals surface area (Å²) in [4.78, 5) is 12.8. The number of hydrogen-bond donors (Lipinski definition) is 0.